The third kappa shape index (κ3) is 2.11. The summed E-state index contributed by atoms with van der Waals surface area (Å²) in [5.74, 6) is -4.94. The Morgan fingerprint density at radius 2 is 1.81 bits per heavy atom. The quantitative estimate of drug-likeness (QED) is 0.342. The van der Waals surface area contributed by atoms with Crippen molar-refractivity contribution in [3.63, 3.8) is 0 Å². The van der Waals surface area contributed by atoms with E-state index in [-0.39, 0.29) is 5.57 Å². The number of aliphatic hydroxyl groups excluding tert-OH is 3. The van der Waals surface area contributed by atoms with Crippen LogP contribution in [0.25, 0.3) is 0 Å². The number of epoxide rings is 1. The first-order chi connectivity index (χ1) is 17.0. The SMILES string of the molecule is C=C(C)[C@@]12O[C@@]3(c4ccccc4)O[C@@H]1[C@@H]1[C@@H]4O[C@]4(CO)[C@@H](O)[C@]4(O)C(=O)C(C)=C[C@H]4[C@@]1(O3)[C@H](C)C2O. The minimum absolute atomic E-state index is 0.261. The highest BCUT2D eigenvalue weighted by Gasteiger charge is 2.90. The van der Waals surface area contributed by atoms with Crippen LogP contribution in [-0.4, -0.2) is 79.6 Å². The maximum atomic E-state index is 13.5. The lowest BCUT2D eigenvalue weighted by molar-refractivity contribution is -0.440. The van der Waals surface area contributed by atoms with Crippen LogP contribution in [0.1, 0.15) is 26.3 Å². The van der Waals surface area contributed by atoms with Gasteiger partial charge in [0.1, 0.15) is 29.5 Å². The molecule has 1 aromatic carbocycles. The number of ketones is 1. The van der Waals surface area contributed by atoms with Crippen molar-refractivity contribution in [2.45, 2.75) is 73.6 Å². The van der Waals surface area contributed by atoms with Gasteiger partial charge in [0.25, 0.3) is 0 Å². The summed E-state index contributed by atoms with van der Waals surface area (Å²) in [6, 6.07) is 9.03. The van der Waals surface area contributed by atoms with Gasteiger partial charge in [0, 0.05) is 23.3 Å². The van der Waals surface area contributed by atoms with Crippen LogP contribution in [0.5, 0.6) is 0 Å². The highest BCUT2D eigenvalue weighted by atomic mass is 16.9. The fourth-order valence-corrected chi connectivity index (χ4v) is 8.15. The largest absolute Gasteiger partial charge is 0.393 e. The van der Waals surface area contributed by atoms with Gasteiger partial charge in [-0.05, 0) is 25.0 Å². The molecule has 9 heteroatoms. The number of ether oxygens (including phenoxy) is 4. The summed E-state index contributed by atoms with van der Waals surface area (Å²) < 4.78 is 26.1. The van der Waals surface area contributed by atoms with E-state index < -0.39 is 82.9 Å². The van der Waals surface area contributed by atoms with Gasteiger partial charge in [0.2, 0.25) is 0 Å². The predicted molar refractivity (Wildman–Crippen MR) is 122 cm³/mol. The molecule has 6 aliphatic rings. The summed E-state index contributed by atoms with van der Waals surface area (Å²) in [6.07, 6.45) is -2.99. The molecule has 2 saturated carbocycles. The Kier molecular flexibility index (Phi) is 4.21. The second-order valence-electron chi connectivity index (χ2n) is 11.4. The molecule has 192 valence electrons. The van der Waals surface area contributed by atoms with Crippen LogP contribution in [0.3, 0.4) is 0 Å². The molecule has 0 amide bonds. The van der Waals surface area contributed by atoms with Crippen LogP contribution in [0.2, 0.25) is 0 Å². The van der Waals surface area contributed by atoms with E-state index in [0.717, 1.165) is 0 Å². The zero-order chi connectivity index (χ0) is 25.6. The predicted octanol–water partition coefficient (Wildman–Crippen LogP) is 0.304. The molecule has 0 spiro atoms. The molecule has 3 aliphatic carbocycles. The molecule has 5 fully saturated rings. The number of carbonyl (C=O) groups excluding carboxylic acids is 1. The number of hydrogen-bond donors (Lipinski definition) is 4. The van der Waals surface area contributed by atoms with Crippen molar-refractivity contribution in [2.75, 3.05) is 6.61 Å². The van der Waals surface area contributed by atoms with Crippen molar-refractivity contribution in [3.8, 4) is 0 Å². The van der Waals surface area contributed by atoms with Gasteiger partial charge in [-0.25, -0.2) is 0 Å². The van der Waals surface area contributed by atoms with Crippen molar-refractivity contribution < 1.29 is 44.2 Å². The first-order valence-electron chi connectivity index (χ1n) is 12.4. The normalized spacial score (nSPS) is 55.9. The fraction of sp³-hybridized carbons (Fsp3) is 0.593. The molecule has 0 radical (unpaired) electrons. The summed E-state index contributed by atoms with van der Waals surface area (Å²) in [5.41, 5.74) is -5.48. The summed E-state index contributed by atoms with van der Waals surface area (Å²) >= 11 is 0. The number of rotatable bonds is 3. The standard InChI is InChI=1S/C27H30O9/c1-12(2)25-19(30)14(4)26-16-10-13(3)18(29)24(16,32)22(31)23(11-28)20(33-23)17(26)21(25)34-27(35-25,36-26)15-8-6-5-7-9-15/h5-10,14,16-17,19-22,28,30-32H,1,11H2,2-4H3/t14-,16-,17+,19?,20+,21-,22-,23+,24-,25+,26+,27-/m1/s1. The maximum absolute atomic E-state index is 13.5. The number of fused-ring (bicyclic) bond motifs is 3. The number of aliphatic hydroxyl groups is 4. The number of benzene rings is 1. The molecule has 3 aliphatic heterocycles. The zero-order valence-corrected chi connectivity index (χ0v) is 20.2. The van der Waals surface area contributed by atoms with Crippen LogP contribution >= 0.6 is 0 Å². The van der Waals surface area contributed by atoms with Gasteiger partial charge in [-0.15, -0.1) is 0 Å². The number of hydrogen-bond acceptors (Lipinski definition) is 9. The van der Waals surface area contributed by atoms with Crippen LogP contribution in [0, 0.1) is 17.8 Å². The molecule has 12 atom stereocenters. The Labute approximate surface area is 207 Å². The van der Waals surface area contributed by atoms with Gasteiger partial charge in [0.15, 0.2) is 11.4 Å². The van der Waals surface area contributed by atoms with Crippen LogP contribution in [0.15, 0.2) is 54.1 Å². The monoisotopic (exact) mass is 498 g/mol. The molecule has 1 unspecified atom stereocenters. The average molecular weight is 499 g/mol. The van der Waals surface area contributed by atoms with E-state index in [1.807, 2.05) is 18.2 Å². The summed E-state index contributed by atoms with van der Waals surface area (Å²) in [6.45, 7) is 8.64. The minimum atomic E-state index is -2.35. The highest BCUT2D eigenvalue weighted by Crippen LogP contribution is 2.73. The molecule has 7 rings (SSSR count). The van der Waals surface area contributed by atoms with E-state index >= 15 is 0 Å². The third-order valence-corrected chi connectivity index (χ3v) is 9.91. The van der Waals surface area contributed by atoms with Crippen LogP contribution in [-0.2, 0) is 29.7 Å². The Bertz CT molecular complexity index is 1230. The average Bonchev–Trinajstić information content (AvgIpc) is 3.49. The molecule has 9 nitrogen and oxygen atoms in total. The van der Waals surface area contributed by atoms with E-state index in [1.54, 1.807) is 39.0 Å². The molecule has 36 heavy (non-hydrogen) atoms. The highest BCUT2D eigenvalue weighted by molar-refractivity contribution is 6.05. The van der Waals surface area contributed by atoms with E-state index in [2.05, 4.69) is 6.58 Å². The topological polar surface area (TPSA) is 138 Å². The summed E-state index contributed by atoms with van der Waals surface area (Å²) in [5, 5.41) is 45.9. The van der Waals surface area contributed by atoms with Gasteiger partial charge in [-0.2, -0.15) is 0 Å². The van der Waals surface area contributed by atoms with Gasteiger partial charge in [-0.3, -0.25) is 4.79 Å². The number of Topliss-reactive ketones (excluding diaryl/α,β-unsaturated/α-hetero) is 1. The molecule has 0 aromatic heterocycles. The molecule has 3 saturated heterocycles. The lowest BCUT2D eigenvalue weighted by Gasteiger charge is -2.61. The van der Waals surface area contributed by atoms with Crippen LogP contribution < -0.4 is 0 Å². The van der Waals surface area contributed by atoms with E-state index in [1.165, 1.54) is 0 Å². The van der Waals surface area contributed by atoms with Crippen molar-refractivity contribution >= 4 is 5.78 Å². The Hall–Kier alpha value is -1.95. The van der Waals surface area contributed by atoms with Gasteiger partial charge < -0.3 is 39.4 Å². The second-order valence-corrected chi connectivity index (χ2v) is 11.4. The van der Waals surface area contributed by atoms with Gasteiger partial charge >= 0.3 is 5.97 Å². The number of carbonyl (C=O) groups is 1. The molecular weight excluding hydrogens is 468 g/mol. The molecule has 4 N–H and O–H groups in total. The van der Waals surface area contributed by atoms with Gasteiger partial charge in [-0.1, -0.05) is 49.9 Å². The zero-order valence-electron chi connectivity index (χ0n) is 20.2. The lowest BCUT2D eigenvalue weighted by atomic mass is 9.53. The fourth-order valence-electron chi connectivity index (χ4n) is 8.15. The summed E-state index contributed by atoms with van der Waals surface area (Å²) in [7, 11) is 0. The second kappa shape index (κ2) is 6.54. The Morgan fingerprint density at radius 1 is 1.11 bits per heavy atom. The van der Waals surface area contributed by atoms with Crippen LogP contribution in [0.4, 0.5) is 0 Å². The minimum Gasteiger partial charge on any atom is -0.393 e. The van der Waals surface area contributed by atoms with E-state index in [0.29, 0.717) is 11.1 Å². The van der Waals surface area contributed by atoms with Gasteiger partial charge in [0.05, 0.1) is 18.3 Å². The first kappa shape index (κ1) is 23.2. The molecule has 3 heterocycles. The maximum Gasteiger partial charge on any atom is 0.314 e. The van der Waals surface area contributed by atoms with Crippen molar-refractivity contribution in [2.24, 2.45) is 17.8 Å². The van der Waals surface area contributed by atoms with Crippen molar-refractivity contribution in [1.82, 2.24) is 0 Å². The van der Waals surface area contributed by atoms with E-state index in [4.69, 9.17) is 18.9 Å². The molecule has 3 bridgehead atoms. The molecule has 1 aromatic rings. The third-order valence-electron chi connectivity index (χ3n) is 9.91. The molecular formula is C27H30O9. The smallest absolute Gasteiger partial charge is 0.314 e. The van der Waals surface area contributed by atoms with Crippen molar-refractivity contribution in [1.29, 1.82) is 0 Å². The Balaban J connectivity index is 1.56. The van der Waals surface area contributed by atoms with Crippen molar-refractivity contribution in [3.05, 3.63) is 59.7 Å². The Morgan fingerprint density at radius 3 is 2.44 bits per heavy atom. The lowest BCUT2D eigenvalue weighted by Crippen LogP contribution is -2.76. The first-order valence-corrected chi connectivity index (χ1v) is 12.4. The summed E-state index contributed by atoms with van der Waals surface area (Å²) in [4.78, 5) is 13.5. The van der Waals surface area contributed by atoms with E-state index in [9.17, 15) is 25.2 Å².